The summed E-state index contributed by atoms with van der Waals surface area (Å²) >= 11 is 0. The highest BCUT2D eigenvalue weighted by Gasteiger charge is 2.35. The molecule has 9 nitrogen and oxygen atoms in total. The van der Waals surface area contributed by atoms with Crippen LogP contribution in [0.1, 0.15) is 58.3 Å². The number of alkyl carbamates (subject to hydrolysis) is 1. The third-order valence-electron chi connectivity index (χ3n) is 3.99. The highest BCUT2D eigenvalue weighted by Crippen LogP contribution is 2.25. The fourth-order valence-electron chi connectivity index (χ4n) is 2.54. The molecule has 0 fully saturated rings. The molecule has 1 aliphatic rings. The number of benzene rings is 1. The van der Waals surface area contributed by atoms with Gasteiger partial charge in [0.15, 0.2) is 6.61 Å². The van der Waals surface area contributed by atoms with Crippen molar-refractivity contribution in [3.8, 4) is 0 Å². The standard InChI is InChI=1S/C19H22N2O7/c1-4-27-19(26)20-15(22)10-28-18(25)12-5-6-13-14(9-12)17(24)21(16(13)23)8-7-11(2)3/h5-6,9,11H,4,7-8,10H2,1-3H3,(H,20,22,26). The molecule has 28 heavy (non-hydrogen) atoms. The van der Waals surface area contributed by atoms with Crippen LogP contribution < -0.4 is 5.32 Å². The Bertz CT molecular complexity index is 817. The van der Waals surface area contributed by atoms with Crippen LogP contribution >= 0.6 is 0 Å². The summed E-state index contributed by atoms with van der Waals surface area (Å²) in [7, 11) is 0. The van der Waals surface area contributed by atoms with Gasteiger partial charge in [0.2, 0.25) is 0 Å². The number of carbonyl (C=O) groups excluding carboxylic acids is 5. The second-order valence-corrected chi connectivity index (χ2v) is 6.55. The van der Waals surface area contributed by atoms with E-state index in [1.54, 1.807) is 6.92 Å². The van der Waals surface area contributed by atoms with Gasteiger partial charge < -0.3 is 9.47 Å². The van der Waals surface area contributed by atoms with Crippen molar-refractivity contribution in [2.45, 2.75) is 27.2 Å². The van der Waals surface area contributed by atoms with E-state index in [2.05, 4.69) is 4.74 Å². The highest BCUT2D eigenvalue weighted by molar-refractivity contribution is 6.22. The molecule has 1 heterocycles. The summed E-state index contributed by atoms with van der Waals surface area (Å²) < 4.78 is 9.36. The molecular weight excluding hydrogens is 368 g/mol. The second-order valence-electron chi connectivity index (χ2n) is 6.55. The maximum atomic E-state index is 12.5. The van der Waals surface area contributed by atoms with Gasteiger partial charge in [-0.2, -0.15) is 0 Å². The van der Waals surface area contributed by atoms with Gasteiger partial charge in [0.05, 0.1) is 23.3 Å². The fourth-order valence-corrected chi connectivity index (χ4v) is 2.54. The number of nitrogens with zero attached hydrogens (tertiary/aromatic N) is 1. The lowest BCUT2D eigenvalue weighted by atomic mass is 10.1. The van der Waals surface area contributed by atoms with Crippen molar-refractivity contribution in [3.05, 3.63) is 34.9 Å². The molecule has 9 heteroatoms. The quantitative estimate of drug-likeness (QED) is 0.556. The maximum Gasteiger partial charge on any atom is 0.413 e. The normalized spacial score (nSPS) is 12.8. The third kappa shape index (κ3) is 4.93. The summed E-state index contributed by atoms with van der Waals surface area (Å²) in [6.45, 7) is 5.26. The minimum atomic E-state index is -0.938. The van der Waals surface area contributed by atoms with Crippen molar-refractivity contribution in [3.63, 3.8) is 0 Å². The Hall–Kier alpha value is -3.23. The topological polar surface area (TPSA) is 119 Å². The van der Waals surface area contributed by atoms with Gasteiger partial charge in [-0.3, -0.25) is 24.6 Å². The minimum absolute atomic E-state index is 0.0227. The van der Waals surface area contributed by atoms with Crippen molar-refractivity contribution in [2.75, 3.05) is 19.8 Å². The number of hydrogen-bond acceptors (Lipinski definition) is 7. The second kappa shape index (κ2) is 9.12. The van der Waals surface area contributed by atoms with Crippen LogP contribution in [-0.4, -0.2) is 54.4 Å². The summed E-state index contributed by atoms with van der Waals surface area (Å²) in [5, 5.41) is 1.89. The molecule has 1 aromatic rings. The number of nitrogens with one attached hydrogen (secondary N) is 1. The van der Waals surface area contributed by atoms with Crippen molar-refractivity contribution in [1.82, 2.24) is 10.2 Å². The van der Waals surface area contributed by atoms with Crippen molar-refractivity contribution in [1.29, 1.82) is 0 Å². The monoisotopic (exact) mass is 390 g/mol. The van der Waals surface area contributed by atoms with Crippen molar-refractivity contribution in [2.24, 2.45) is 5.92 Å². The average molecular weight is 390 g/mol. The number of rotatable bonds is 7. The first kappa shape index (κ1) is 21.1. The van der Waals surface area contributed by atoms with Crippen LogP contribution in [0.15, 0.2) is 18.2 Å². The number of fused-ring (bicyclic) bond motifs is 1. The first-order valence-electron chi connectivity index (χ1n) is 8.88. The molecule has 1 aromatic carbocycles. The molecule has 0 saturated heterocycles. The molecule has 2 rings (SSSR count). The molecule has 0 aromatic heterocycles. The van der Waals surface area contributed by atoms with Gasteiger partial charge in [-0.05, 0) is 37.5 Å². The van der Waals surface area contributed by atoms with E-state index < -0.39 is 36.4 Å². The minimum Gasteiger partial charge on any atom is -0.452 e. The zero-order chi connectivity index (χ0) is 20.8. The molecule has 150 valence electrons. The molecule has 0 spiro atoms. The van der Waals surface area contributed by atoms with Crippen LogP contribution in [0.2, 0.25) is 0 Å². The van der Waals surface area contributed by atoms with Crippen molar-refractivity contribution >= 4 is 29.8 Å². The summed E-state index contributed by atoms with van der Waals surface area (Å²) in [5.41, 5.74) is 0.374. The Morgan fingerprint density at radius 1 is 1.07 bits per heavy atom. The van der Waals surface area contributed by atoms with Crippen molar-refractivity contribution < 1.29 is 33.4 Å². The first-order chi connectivity index (χ1) is 13.2. The number of carbonyl (C=O) groups is 5. The van der Waals surface area contributed by atoms with E-state index in [4.69, 9.17) is 4.74 Å². The fraction of sp³-hybridized carbons (Fsp3) is 0.421. The van der Waals surface area contributed by atoms with Gasteiger partial charge in [-0.1, -0.05) is 13.8 Å². The van der Waals surface area contributed by atoms with Gasteiger partial charge in [-0.15, -0.1) is 0 Å². The van der Waals surface area contributed by atoms with Gasteiger partial charge >= 0.3 is 12.1 Å². The Balaban J connectivity index is 2.01. The lowest BCUT2D eigenvalue weighted by molar-refractivity contribution is -0.123. The Morgan fingerprint density at radius 3 is 2.39 bits per heavy atom. The van der Waals surface area contributed by atoms with Crippen LogP contribution in [0.25, 0.3) is 0 Å². The van der Waals surface area contributed by atoms with Crippen LogP contribution in [0, 0.1) is 5.92 Å². The van der Waals surface area contributed by atoms with Gasteiger partial charge in [0, 0.05) is 6.54 Å². The van der Waals surface area contributed by atoms with Crippen LogP contribution in [-0.2, 0) is 14.3 Å². The Labute approximate surface area is 162 Å². The predicted octanol–water partition coefficient (Wildman–Crippen LogP) is 1.76. The lowest BCUT2D eigenvalue weighted by Gasteiger charge is -2.14. The molecule has 0 radical (unpaired) electrons. The molecule has 1 aliphatic heterocycles. The summed E-state index contributed by atoms with van der Waals surface area (Å²) in [5.74, 6) is -2.23. The number of hydrogen-bond donors (Lipinski definition) is 1. The average Bonchev–Trinajstić information content (AvgIpc) is 2.88. The van der Waals surface area contributed by atoms with Gasteiger partial charge in [-0.25, -0.2) is 9.59 Å². The molecule has 0 atom stereocenters. The molecule has 0 bridgehead atoms. The molecular formula is C19H22N2O7. The SMILES string of the molecule is CCOC(=O)NC(=O)COC(=O)c1ccc2c(c1)C(=O)N(CCC(C)C)C2=O. The zero-order valence-corrected chi connectivity index (χ0v) is 15.9. The van der Waals surface area contributed by atoms with E-state index in [9.17, 15) is 24.0 Å². The first-order valence-corrected chi connectivity index (χ1v) is 8.88. The Kier molecular flexibility index (Phi) is 6.86. The zero-order valence-electron chi connectivity index (χ0n) is 15.9. The molecule has 1 N–H and O–H groups in total. The third-order valence-corrected chi connectivity index (χ3v) is 3.99. The van der Waals surface area contributed by atoms with Gasteiger partial charge in [0.1, 0.15) is 0 Å². The number of amides is 4. The number of ether oxygens (including phenoxy) is 2. The highest BCUT2D eigenvalue weighted by atomic mass is 16.6. The smallest absolute Gasteiger partial charge is 0.413 e. The van der Waals surface area contributed by atoms with E-state index in [0.717, 1.165) is 4.90 Å². The van der Waals surface area contributed by atoms with E-state index in [-0.39, 0.29) is 23.3 Å². The molecule has 0 saturated carbocycles. The van der Waals surface area contributed by atoms with E-state index in [0.29, 0.717) is 18.9 Å². The molecule has 0 aliphatic carbocycles. The molecule has 0 unspecified atom stereocenters. The molecule has 4 amide bonds. The lowest BCUT2D eigenvalue weighted by Crippen LogP contribution is -2.34. The largest absolute Gasteiger partial charge is 0.452 e. The van der Waals surface area contributed by atoms with E-state index >= 15 is 0 Å². The van der Waals surface area contributed by atoms with E-state index in [1.165, 1.54) is 18.2 Å². The van der Waals surface area contributed by atoms with E-state index in [1.807, 2.05) is 19.2 Å². The number of imide groups is 2. The van der Waals surface area contributed by atoms with Crippen LogP contribution in [0.4, 0.5) is 4.79 Å². The summed E-state index contributed by atoms with van der Waals surface area (Å²) in [6.07, 6.45) is -0.262. The van der Waals surface area contributed by atoms with Crippen LogP contribution in [0.5, 0.6) is 0 Å². The van der Waals surface area contributed by atoms with Crippen LogP contribution in [0.3, 0.4) is 0 Å². The summed E-state index contributed by atoms with van der Waals surface area (Å²) in [6, 6.07) is 4.01. The Morgan fingerprint density at radius 2 is 1.75 bits per heavy atom. The maximum absolute atomic E-state index is 12.5. The summed E-state index contributed by atoms with van der Waals surface area (Å²) in [4.78, 5) is 60.8. The predicted molar refractivity (Wildman–Crippen MR) is 96.7 cm³/mol. The van der Waals surface area contributed by atoms with Gasteiger partial charge in [0.25, 0.3) is 17.7 Å². The number of esters is 1.